The van der Waals surface area contributed by atoms with Gasteiger partial charge in [-0.3, -0.25) is 0 Å². The van der Waals surface area contributed by atoms with E-state index in [1.54, 1.807) is 12.1 Å². The Bertz CT molecular complexity index is 937. The standard InChI is InChI=1S/C21H21FN2O2S/c22-20-10-12-21(13-11-20)23-14-16-24(17-15-23)27(25,26)18-6-2-5-9-19-7-3-1-4-8-19/h1,3-4,6-8,10-13,18H,9,14-17H2. The average Bonchev–Trinajstić information content (AvgIpc) is 2.69. The van der Waals surface area contributed by atoms with Crippen molar-refractivity contribution in [3.63, 3.8) is 0 Å². The Labute approximate surface area is 160 Å². The molecular formula is C21H21FN2O2S. The summed E-state index contributed by atoms with van der Waals surface area (Å²) in [5.41, 5.74) is 1.99. The van der Waals surface area contributed by atoms with Gasteiger partial charge in [-0.2, -0.15) is 4.31 Å². The molecular weight excluding hydrogens is 363 g/mol. The van der Waals surface area contributed by atoms with E-state index in [-0.39, 0.29) is 5.82 Å². The number of hydrogen-bond donors (Lipinski definition) is 0. The summed E-state index contributed by atoms with van der Waals surface area (Å²) in [5, 5.41) is 1.17. The van der Waals surface area contributed by atoms with Crippen molar-refractivity contribution >= 4 is 15.7 Å². The molecule has 1 saturated heterocycles. The lowest BCUT2D eigenvalue weighted by Gasteiger charge is -2.34. The van der Waals surface area contributed by atoms with Crippen LogP contribution in [0.15, 0.2) is 66.1 Å². The predicted molar refractivity (Wildman–Crippen MR) is 106 cm³/mol. The molecule has 4 nitrogen and oxygen atoms in total. The largest absolute Gasteiger partial charge is 0.369 e. The first-order chi connectivity index (χ1) is 13.0. The number of halogens is 1. The second kappa shape index (κ2) is 8.85. The van der Waals surface area contributed by atoms with Crippen LogP contribution in [0, 0.1) is 17.7 Å². The van der Waals surface area contributed by atoms with Gasteiger partial charge in [-0.05, 0) is 29.8 Å². The van der Waals surface area contributed by atoms with Crippen LogP contribution in [0.4, 0.5) is 10.1 Å². The van der Waals surface area contributed by atoms with Crippen molar-refractivity contribution in [3.05, 3.63) is 77.5 Å². The minimum atomic E-state index is -3.48. The first-order valence-corrected chi connectivity index (χ1v) is 10.2. The zero-order valence-electron chi connectivity index (χ0n) is 14.9. The van der Waals surface area contributed by atoms with Crippen LogP contribution in [0.25, 0.3) is 0 Å². The van der Waals surface area contributed by atoms with Gasteiger partial charge >= 0.3 is 0 Å². The van der Waals surface area contributed by atoms with Crippen LogP contribution < -0.4 is 4.90 Å². The van der Waals surface area contributed by atoms with E-state index in [2.05, 4.69) is 16.7 Å². The van der Waals surface area contributed by atoms with Crippen molar-refractivity contribution in [2.75, 3.05) is 31.1 Å². The van der Waals surface area contributed by atoms with E-state index < -0.39 is 10.0 Å². The van der Waals surface area contributed by atoms with Crippen LogP contribution in [-0.2, 0) is 16.4 Å². The molecule has 140 valence electrons. The van der Waals surface area contributed by atoms with Gasteiger partial charge in [-0.25, -0.2) is 12.8 Å². The number of hydrogen-bond acceptors (Lipinski definition) is 3. The normalized spacial score (nSPS) is 15.5. The van der Waals surface area contributed by atoms with Gasteiger partial charge in [-0.15, -0.1) is 0 Å². The van der Waals surface area contributed by atoms with Crippen LogP contribution in [0.5, 0.6) is 0 Å². The molecule has 3 rings (SSSR count). The van der Waals surface area contributed by atoms with Crippen molar-refractivity contribution in [1.82, 2.24) is 4.31 Å². The summed E-state index contributed by atoms with van der Waals surface area (Å²) in [6.45, 7) is 1.92. The fraction of sp³-hybridized carbons (Fsp3) is 0.238. The first-order valence-electron chi connectivity index (χ1n) is 8.74. The molecule has 1 aliphatic rings. The molecule has 0 aliphatic carbocycles. The highest BCUT2D eigenvalue weighted by Crippen LogP contribution is 2.18. The smallest absolute Gasteiger partial charge is 0.236 e. The maximum Gasteiger partial charge on any atom is 0.236 e. The summed E-state index contributed by atoms with van der Waals surface area (Å²) >= 11 is 0. The molecule has 0 unspecified atom stereocenters. The third-order valence-electron chi connectivity index (χ3n) is 4.35. The number of piperazine rings is 1. The van der Waals surface area contributed by atoms with Gasteiger partial charge in [0, 0.05) is 44.4 Å². The lowest BCUT2D eigenvalue weighted by atomic mass is 10.2. The SMILES string of the molecule is O=S(=O)(C=CC#CCc1ccccc1)N1CCN(c2ccc(F)cc2)CC1. The van der Waals surface area contributed by atoms with Crippen LogP contribution in [0.1, 0.15) is 5.56 Å². The molecule has 1 heterocycles. The Balaban J connectivity index is 1.53. The number of benzene rings is 2. The first kappa shape index (κ1) is 19.2. The van der Waals surface area contributed by atoms with Crippen molar-refractivity contribution in [2.24, 2.45) is 0 Å². The monoisotopic (exact) mass is 384 g/mol. The summed E-state index contributed by atoms with van der Waals surface area (Å²) in [4.78, 5) is 2.05. The molecule has 0 N–H and O–H groups in total. The fourth-order valence-corrected chi connectivity index (χ4v) is 3.95. The summed E-state index contributed by atoms with van der Waals surface area (Å²) in [6.07, 6.45) is 1.98. The van der Waals surface area contributed by atoms with E-state index in [1.165, 1.54) is 27.9 Å². The summed E-state index contributed by atoms with van der Waals surface area (Å²) in [5.74, 6) is 5.46. The summed E-state index contributed by atoms with van der Waals surface area (Å²) in [7, 11) is -3.48. The Kier molecular flexibility index (Phi) is 6.28. The van der Waals surface area contributed by atoms with Gasteiger partial charge in [-0.1, -0.05) is 42.2 Å². The molecule has 1 fully saturated rings. The third-order valence-corrected chi connectivity index (χ3v) is 5.92. The molecule has 0 bridgehead atoms. The van der Waals surface area contributed by atoms with Gasteiger partial charge in [0.25, 0.3) is 0 Å². The quantitative estimate of drug-likeness (QED) is 0.761. The lowest BCUT2D eigenvalue weighted by molar-refractivity contribution is 0.390. The molecule has 0 atom stereocenters. The van der Waals surface area contributed by atoms with Crippen molar-refractivity contribution < 1.29 is 12.8 Å². The Morgan fingerprint density at radius 1 is 0.963 bits per heavy atom. The maximum absolute atomic E-state index is 13.0. The number of rotatable bonds is 4. The summed E-state index contributed by atoms with van der Waals surface area (Å²) in [6, 6.07) is 16.0. The second-order valence-electron chi connectivity index (χ2n) is 6.19. The lowest BCUT2D eigenvalue weighted by Crippen LogP contribution is -2.48. The number of sulfonamides is 1. The van der Waals surface area contributed by atoms with Gasteiger partial charge < -0.3 is 4.90 Å². The van der Waals surface area contributed by atoms with E-state index in [0.29, 0.717) is 32.6 Å². The van der Waals surface area contributed by atoms with Gasteiger partial charge in [0.15, 0.2) is 0 Å². The molecule has 6 heteroatoms. The molecule has 0 spiro atoms. The summed E-state index contributed by atoms with van der Waals surface area (Å²) < 4.78 is 39.3. The van der Waals surface area contributed by atoms with E-state index in [1.807, 2.05) is 30.3 Å². The minimum Gasteiger partial charge on any atom is -0.369 e. The highest BCUT2D eigenvalue weighted by atomic mass is 32.2. The van der Waals surface area contributed by atoms with Crippen molar-refractivity contribution in [1.29, 1.82) is 0 Å². The van der Waals surface area contributed by atoms with Gasteiger partial charge in [0.1, 0.15) is 5.82 Å². The average molecular weight is 384 g/mol. The predicted octanol–water partition coefficient (Wildman–Crippen LogP) is 3.04. The zero-order valence-corrected chi connectivity index (χ0v) is 15.7. The van der Waals surface area contributed by atoms with Gasteiger partial charge in [0.2, 0.25) is 10.0 Å². The molecule has 2 aromatic rings. The molecule has 27 heavy (non-hydrogen) atoms. The van der Waals surface area contributed by atoms with Crippen LogP contribution in [-0.4, -0.2) is 38.9 Å². The van der Waals surface area contributed by atoms with Gasteiger partial charge in [0.05, 0.1) is 5.41 Å². The molecule has 1 aliphatic heterocycles. The second-order valence-corrected chi connectivity index (χ2v) is 8.01. The van der Waals surface area contributed by atoms with Crippen molar-refractivity contribution in [2.45, 2.75) is 6.42 Å². The number of allylic oxidation sites excluding steroid dienone is 1. The topological polar surface area (TPSA) is 40.6 Å². The minimum absolute atomic E-state index is 0.279. The highest BCUT2D eigenvalue weighted by molar-refractivity contribution is 7.92. The van der Waals surface area contributed by atoms with Crippen LogP contribution in [0.3, 0.4) is 0 Å². The Hall–Kier alpha value is -2.62. The number of nitrogens with zero attached hydrogens (tertiary/aromatic N) is 2. The Morgan fingerprint density at radius 2 is 1.63 bits per heavy atom. The fourth-order valence-electron chi connectivity index (χ4n) is 2.87. The van der Waals surface area contributed by atoms with E-state index in [9.17, 15) is 12.8 Å². The van der Waals surface area contributed by atoms with E-state index in [4.69, 9.17) is 0 Å². The van der Waals surface area contributed by atoms with Crippen molar-refractivity contribution in [3.8, 4) is 11.8 Å². The zero-order chi connectivity index (χ0) is 19.1. The molecule has 0 aromatic heterocycles. The third kappa shape index (κ3) is 5.43. The van der Waals surface area contributed by atoms with E-state index in [0.717, 1.165) is 11.3 Å². The molecule has 2 aromatic carbocycles. The molecule has 0 saturated carbocycles. The number of anilines is 1. The Morgan fingerprint density at radius 3 is 2.30 bits per heavy atom. The molecule has 0 radical (unpaired) electrons. The molecule has 0 amide bonds. The highest BCUT2D eigenvalue weighted by Gasteiger charge is 2.25. The van der Waals surface area contributed by atoms with Crippen LogP contribution in [0.2, 0.25) is 0 Å². The van der Waals surface area contributed by atoms with Crippen LogP contribution >= 0.6 is 0 Å². The maximum atomic E-state index is 13.0. The van der Waals surface area contributed by atoms with E-state index >= 15 is 0 Å².